The first-order valence-corrected chi connectivity index (χ1v) is 15.5. The summed E-state index contributed by atoms with van der Waals surface area (Å²) >= 11 is 6.24. The van der Waals surface area contributed by atoms with Crippen molar-refractivity contribution in [3.8, 4) is 5.75 Å². The molecule has 0 saturated heterocycles. The van der Waals surface area contributed by atoms with Crippen LogP contribution < -0.4 is 15.4 Å². The Labute approximate surface area is 273 Å². The predicted molar refractivity (Wildman–Crippen MR) is 180 cm³/mol. The van der Waals surface area contributed by atoms with Gasteiger partial charge in [0.1, 0.15) is 18.0 Å². The zero-order valence-corrected chi connectivity index (χ0v) is 26.4. The summed E-state index contributed by atoms with van der Waals surface area (Å²) in [5.41, 5.74) is 3.84. The van der Waals surface area contributed by atoms with Gasteiger partial charge in [-0.15, -0.1) is 0 Å². The Morgan fingerprint density at radius 3 is 2.28 bits per heavy atom. The minimum Gasteiger partial charge on any atom is -0.491 e. The Bertz CT molecular complexity index is 1700. The SMILES string of the molecule is CN(Cc1ccccc1)C(=O)CCCOc1cccc2c1N=C(NC(=O)Cc1ccccc1)N(CC(=O)Nc1ccccc1Cl)C2. The third-order valence-corrected chi connectivity index (χ3v) is 7.71. The molecule has 4 aromatic carbocycles. The van der Waals surface area contributed by atoms with Gasteiger partial charge in [-0.1, -0.05) is 96.5 Å². The summed E-state index contributed by atoms with van der Waals surface area (Å²) < 4.78 is 6.11. The molecule has 1 aliphatic heterocycles. The molecule has 0 aromatic heterocycles. The topological polar surface area (TPSA) is 103 Å². The monoisotopic (exact) mass is 637 g/mol. The van der Waals surface area contributed by atoms with Crippen LogP contribution in [-0.4, -0.2) is 53.7 Å². The molecular weight excluding hydrogens is 602 g/mol. The fourth-order valence-electron chi connectivity index (χ4n) is 5.05. The summed E-state index contributed by atoms with van der Waals surface area (Å²) in [5.74, 6) is 0.251. The fraction of sp³-hybridized carbons (Fsp3) is 0.222. The Morgan fingerprint density at radius 1 is 0.848 bits per heavy atom. The Balaban J connectivity index is 1.26. The molecular formula is C36H36ClN5O4. The van der Waals surface area contributed by atoms with Crippen LogP contribution in [0.15, 0.2) is 108 Å². The second-order valence-corrected chi connectivity index (χ2v) is 11.4. The molecule has 236 valence electrons. The van der Waals surface area contributed by atoms with Crippen molar-refractivity contribution >= 4 is 46.7 Å². The summed E-state index contributed by atoms with van der Waals surface area (Å²) in [6.45, 7) is 1.11. The molecule has 0 unspecified atom stereocenters. The van der Waals surface area contributed by atoms with Crippen molar-refractivity contribution in [1.29, 1.82) is 0 Å². The van der Waals surface area contributed by atoms with Crippen molar-refractivity contribution < 1.29 is 19.1 Å². The van der Waals surface area contributed by atoms with Crippen LogP contribution in [-0.2, 0) is 33.9 Å². The quantitative estimate of drug-likeness (QED) is 0.187. The number of carbonyl (C=O) groups excluding carboxylic acids is 3. The summed E-state index contributed by atoms with van der Waals surface area (Å²) in [4.78, 5) is 47.1. The molecule has 46 heavy (non-hydrogen) atoms. The molecule has 3 amide bonds. The summed E-state index contributed by atoms with van der Waals surface area (Å²) in [7, 11) is 1.80. The molecule has 0 fully saturated rings. The van der Waals surface area contributed by atoms with Crippen molar-refractivity contribution in [2.24, 2.45) is 4.99 Å². The number of nitrogens with one attached hydrogen (secondary N) is 2. The lowest BCUT2D eigenvalue weighted by atomic mass is 10.1. The van der Waals surface area contributed by atoms with Gasteiger partial charge in [0.05, 0.1) is 23.7 Å². The smallest absolute Gasteiger partial charge is 0.244 e. The second-order valence-electron chi connectivity index (χ2n) is 11.0. The molecule has 0 aliphatic carbocycles. The van der Waals surface area contributed by atoms with Gasteiger partial charge in [0.25, 0.3) is 0 Å². The predicted octanol–water partition coefficient (Wildman–Crippen LogP) is 5.96. The number of aliphatic imine (C=N–C) groups is 1. The van der Waals surface area contributed by atoms with E-state index in [2.05, 4.69) is 10.6 Å². The van der Waals surface area contributed by atoms with Crippen molar-refractivity contribution in [3.05, 3.63) is 125 Å². The van der Waals surface area contributed by atoms with Crippen molar-refractivity contribution in [3.63, 3.8) is 0 Å². The number of benzene rings is 4. The standard InChI is InChI=1S/C36H36ClN5O4/c1-41(23-27-14-6-3-7-15-27)34(45)20-11-21-46-31-19-10-16-28-24-42(25-33(44)38-30-18-9-8-17-29(30)37)36(40-35(28)31)39-32(43)22-26-12-4-2-5-13-26/h2-10,12-19H,11,20-25H2,1H3,(H,38,44)(H,39,40,43). The highest BCUT2D eigenvalue weighted by molar-refractivity contribution is 6.33. The maximum atomic E-state index is 13.1. The van der Waals surface area contributed by atoms with Crippen LogP contribution in [0.25, 0.3) is 0 Å². The highest BCUT2D eigenvalue weighted by Gasteiger charge is 2.26. The maximum absolute atomic E-state index is 13.1. The molecule has 1 aliphatic rings. The van der Waals surface area contributed by atoms with E-state index in [0.717, 1.165) is 16.7 Å². The van der Waals surface area contributed by atoms with Gasteiger partial charge in [-0.2, -0.15) is 0 Å². The summed E-state index contributed by atoms with van der Waals surface area (Å²) in [5, 5.41) is 6.17. The number of anilines is 1. The van der Waals surface area contributed by atoms with Crippen LogP contribution in [0.5, 0.6) is 5.75 Å². The number of nitrogens with zero attached hydrogens (tertiary/aromatic N) is 3. The highest BCUT2D eigenvalue weighted by Crippen LogP contribution is 2.35. The fourth-order valence-corrected chi connectivity index (χ4v) is 5.23. The highest BCUT2D eigenvalue weighted by atomic mass is 35.5. The molecule has 0 atom stereocenters. The first-order valence-electron chi connectivity index (χ1n) is 15.1. The van der Waals surface area contributed by atoms with E-state index >= 15 is 0 Å². The van der Waals surface area contributed by atoms with E-state index in [1.165, 1.54) is 0 Å². The number of rotatable bonds is 12. The first kappa shape index (κ1) is 32.2. The van der Waals surface area contributed by atoms with Gasteiger partial charge < -0.3 is 19.9 Å². The molecule has 1 heterocycles. The number of para-hydroxylation sites is 2. The van der Waals surface area contributed by atoms with E-state index < -0.39 is 0 Å². The van der Waals surface area contributed by atoms with E-state index in [9.17, 15) is 14.4 Å². The lowest BCUT2D eigenvalue weighted by Gasteiger charge is -2.30. The van der Waals surface area contributed by atoms with Gasteiger partial charge in [-0.3, -0.25) is 19.7 Å². The molecule has 10 heteroatoms. The average Bonchev–Trinajstić information content (AvgIpc) is 3.05. The van der Waals surface area contributed by atoms with E-state index in [1.807, 2.05) is 78.9 Å². The number of halogens is 1. The molecule has 0 spiro atoms. The van der Waals surface area contributed by atoms with Crippen molar-refractivity contribution in [2.45, 2.75) is 32.4 Å². The summed E-state index contributed by atoms with van der Waals surface area (Å²) in [6.07, 6.45) is 1.02. The zero-order valence-electron chi connectivity index (χ0n) is 25.6. The van der Waals surface area contributed by atoms with E-state index in [0.29, 0.717) is 54.7 Å². The number of hydrogen-bond acceptors (Lipinski definition) is 6. The van der Waals surface area contributed by atoms with Gasteiger partial charge in [0, 0.05) is 32.1 Å². The largest absolute Gasteiger partial charge is 0.491 e. The van der Waals surface area contributed by atoms with E-state index in [1.54, 1.807) is 41.1 Å². The molecule has 4 aromatic rings. The van der Waals surface area contributed by atoms with Gasteiger partial charge in [-0.25, -0.2) is 4.99 Å². The lowest BCUT2D eigenvalue weighted by molar-refractivity contribution is -0.130. The van der Waals surface area contributed by atoms with Crippen LogP contribution >= 0.6 is 11.6 Å². The number of amides is 3. The van der Waals surface area contributed by atoms with Crippen molar-refractivity contribution in [1.82, 2.24) is 15.1 Å². The number of carbonyl (C=O) groups is 3. The van der Waals surface area contributed by atoms with E-state index in [4.69, 9.17) is 21.3 Å². The van der Waals surface area contributed by atoms with Gasteiger partial charge in [0.2, 0.25) is 23.7 Å². The maximum Gasteiger partial charge on any atom is 0.244 e. The van der Waals surface area contributed by atoms with Gasteiger partial charge in [0.15, 0.2) is 0 Å². The zero-order chi connectivity index (χ0) is 32.3. The third-order valence-electron chi connectivity index (χ3n) is 7.38. The summed E-state index contributed by atoms with van der Waals surface area (Å²) in [6, 6.07) is 31.8. The molecule has 5 rings (SSSR count). The second kappa shape index (κ2) is 15.7. The molecule has 9 nitrogen and oxygen atoms in total. The third kappa shape index (κ3) is 8.95. The van der Waals surface area contributed by atoms with Crippen LogP contribution in [0.3, 0.4) is 0 Å². The molecule has 0 bridgehead atoms. The minimum atomic E-state index is -0.309. The molecule has 2 N–H and O–H groups in total. The van der Waals surface area contributed by atoms with Crippen LogP contribution in [0.1, 0.15) is 29.5 Å². The minimum absolute atomic E-state index is 0.0367. The number of guanidine groups is 1. The van der Waals surface area contributed by atoms with Gasteiger partial charge in [-0.05, 0) is 35.7 Å². The lowest BCUT2D eigenvalue weighted by Crippen LogP contribution is -2.48. The Kier molecular flexibility index (Phi) is 11.0. The van der Waals surface area contributed by atoms with Crippen LogP contribution in [0.2, 0.25) is 5.02 Å². The number of ether oxygens (including phenoxy) is 1. The Hall–Kier alpha value is -5.15. The van der Waals surface area contributed by atoms with Crippen LogP contribution in [0.4, 0.5) is 11.4 Å². The van der Waals surface area contributed by atoms with E-state index in [-0.39, 0.29) is 36.6 Å². The van der Waals surface area contributed by atoms with Crippen molar-refractivity contribution in [2.75, 3.05) is 25.5 Å². The first-order chi connectivity index (χ1) is 22.4. The number of fused-ring (bicyclic) bond motifs is 1. The molecule has 0 saturated carbocycles. The number of hydrogen-bond donors (Lipinski definition) is 2. The van der Waals surface area contributed by atoms with Crippen LogP contribution in [0, 0.1) is 0 Å². The Morgan fingerprint density at radius 2 is 1.54 bits per heavy atom. The normalized spacial score (nSPS) is 12.0. The van der Waals surface area contributed by atoms with Gasteiger partial charge >= 0.3 is 0 Å². The average molecular weight is 638 g/mol. The molecule has 0 radical (unpaired) electrons.